The molecule has 0 bridgehead atoms. The van der Waals surface area contributed by atoms with Crippen LogP contribution in [0.1, 0.15) is 25.8 Å². The van der Waals surface area contributed by atoms with Crippen LogP contribution in [-0.4, -0.2) is 38.8 Å². The minimum absolute atomic E-state index is 0.00592. The van der Waals surface area contributed by atoms with Crippen molar-refractivity contribution in [3.8, 4) is 0 Å². The molecule has 1 aliphatic rings. The van der Waals surface area contributed by atoms with Crippen LogP contribution in [0.25, 0.3) is 0 Å². The number of para-hydroxylation sites is 1. The summed E-state index contributed by atoms with van der Waals surface area (Å²) in [4.78, 5) is 28.8. The molecule has 2 aromatic rings. The van der Waals surface area contributed by atoms with Gasteiger partial charge in [-0.2, -0.15) is 0 Å². The lowest BCUT2D eigenvalue weighted by Gasteiger charge is -2.27. The molecule has 0 unspecified atom stereocenters. The fourth-order valence-corrected chi connectivity index (χ4v) is 3.75. The number of nitrogens with one attached hydrogen (secondary N) is 1. The third-order valence-electron chi connectivity index (χ3n) is 4.59. The average molecular weight is 399 g/mol. The normalized spacial score (nSPS) is 16.8. The second-order valence-electron chi connectivity index (χ2n) is 6.97. The molecule has 2 amide bonds. The third kappa shape index (κ3) is 4.36. The molecule has 0 radical (unpaired) electrons. The number of anilines is 1. The fraction of sp³-hybridized carbons (Fsp3) is 0.286. The van der Waals surface area contributed by atoms with Crippen LogP contribution in [0.2, 0.25) is 0 Å². The van der Waals surface area contributed by atoms with E-state index in [4.69, 9.17) is 12.2 Å². The van der Waals surface area contributed by atoms with Crippen molar-refractivity contribution in [1.82, 2.24) is 9.80 Å². The first-order chi connectivity index (χ1) is 13.4. The zero-order valence-corrected chi connectivity index (χ0v) is 16.6. The van der Waals surface area contributed by atoms with Crippen LogP contribution in [0.4, 0.5) is 10.1 Å². The standard InChI is InChI=1S/C21H22FN3O2S/c1-14(2)25-18(12-19(26)23-17-6-4-3-5-7-17)20(27)24(21(25)28)13-15-8-10-16(22)11-9-15/h3-11,14,18H,12-13H2,1-2H3,(H,23,26)/t18-/m0/s1. The monoisotopic (exact) mass is 399 g/mol. The average Bonchev–Trinajstić information content (AvgIpc) is 2.88. The Labute approximate surface area is 169 Å². The van der Waals surface area contributed by atoms with Gasteiger partial charge in [0.25, 0.3) is 5.91 Å². The van der Waals surface area contributed by atoms with Crippen molar-refractivity contribution < 1.29 is 14.0 Å². The molecule has 2 aromatic carbocycles. The number of hydrogen-bond acceptors (Lipinski definition) is 3. The zero-order valence-electron chi connectivity index (χ0n) is 15.8. The minimum Gasteiger partial charge on any atom is -0.334 e. The Morgan fingerprint density at radius 2 is 1.79 bits per heavy atom. The summed E-state index contributed by atoms with van der Waals surface area (Å²) in [5.41, 5.74) is 1.45. The van der Waals surface area contributed by atoms with Crippen molar-refractivity contribution in [3.05, 3.63) is 66.0 Å². The van der Waals surface area contributed by atoms with Gasteiger partial charge in [0, 0.05) is 11.7 Å². The topological polar surface area (TPSA) is 52.7 Å². The number of carbonyl (C=O) groups is 2. The van der Waals surface area contributed by atoms with Crippen molar-refractivity contribution in [1.29, 1.82) is 0 Å². The Kier molecular flexibility index (Phi) is 6.04. The Bertz CT molecular complexity index is 871. The maximum atomic E-state index is 13.1. The van der Waals surface area contributed by atoms with E-state index in [0.29, 0.717) is 10.8 Å². The van der Waals surface area contributed by atoms with Crippen LogP contribution in [-0.2, 0) is 16.1 Å². The molecule has 1 fully saturated rings. The van der Waals surface area contributed by atoms with E-state index in [1.54, 1.807) is 29.2 Å². The molecule has 0 saturated carbocycles. The molecular weight excluding hydrogens is 377 g/mol. The quantitative estimate of drug-likeness (QED) is 0.755. The Morgan fingerprint density at radius 3 is 2.39 bits per heavy atom. The van der Waals surface area contributed by atoms with Crippen molar-refractivity contribution in [2.24, 2.45) is 0 Å². The number of thiocarbonyl (C=S) groups is 1. The molecule has 7 heteroatoms. The highest BCUT2D eigenvalue weighted by molar-refractivity contribution is 7.80. The minimum atomic E-state index is -0.656. The highest BCUT2D eigenvalue weighted by Gasteiger charge is 2.44. The number of amides is 2. The van der Waals surface area contributed by atoms with E-state index < -0.39 is 6.04 Å². The summed E-state index contributed by atoms with van der Waals surface area (Å²) in [6.45, 7) is 4.12. The largest absolute Gasteiger partial charge is 0.334 e. The lowest BCUT2D eigenvalue weighted by Crippen LogP contribution is -2.42. The maximum Gasteiger partial charge on any atom is 0.252 e. The van der Waals surface area contributed by atoms with Gasteiger partial charge in [0.15, 0.2) is 5.11 Å². The molecular formula is C21H22FN3O2S. The first-order valence-corrected chi connectivity index (χ1v) is 9.50. The molecule has 0 aromatic heterocycles. The molecule has 1 saturated heterocycles. The van der Waals surface area contributed by atoms with Crippen LogP contribution in [0, 0.1) is 5.82 Å². The molecule has 28 heavy (non-hydrogen) atoms. The lowest BCUT2D eigenvalue weighted by molar-refractivity contribution is -0.131. The summed E-state index contributed by atoms with van der Waals surface area (Å²) >= 11 is 5.53. The van der Waals surface area contributed by atoms with E-state index in [2.05, 4.69) is 5.32 Å². The Hall–Kier alpha value is -2.80. The van der Waals surface area contributed by atoms with Crippen LogP contribution in [0.15, 0.2) is 54.6 Å². The predicted octanol–water partition coefficient (Wildman–Crippen LogP) is 3.56. The number of halogens is 1. The molecule has 1 atom stereocenters. The van der Waals surface area contributed by atoms with Crippen LogP contribution >= 0.6 is 12.2 Å². The highest BCUT2D eigenvalue weighted by atomic mass is 32.1. The van der Waals surface area contributed by atoms with E-state index in [9.17, 15) is 14.0 Å². The summed E-state index contributed by atoms with van der Waals surface area (Å²) in [7, 11) is 0. The summed E-state index contributed by atoms with van der Waals surface area (Å²) < 4.78 is 13.1. The van der Waals surface area contributed by atoms with Gasteiger partial charge in [-0.15, -0.1) is 0 Å². The van der Waals surface area contributed by atoms with Gasteiger partial charge < -0.3 is 10.2 Å². The van der Waals surface area contributed by atoms with Gasteiger partial charge in [-0.05, 0) is 55.9 Å². The number of benzene rings is 2. The van der Waals surface area contributed by atoms with Gasteiger partial charge in [-0.25, -0.2) is 4.39 Å². The maximum absolute atomic E-state index is 13.1. The third-order valence-corrected chi connectivity index (χ3v) is 5.02. The molecule has 5 nitrogen and oxygen atoms in total. The molecule has 1 N–H and O–H groups in total. The van der Waals surface area contributed by atoms with E-state index in [1.165, 1.54) is 17.0 Å². The van der Waals surface area contributed by atoms with Crippen LogP contribution < -0.4 is 5.32 Å². The second-order valence-corrected chi connectivity index (χ2v) is 7.33. The van der Waals surface area contributed by atoms with Gasteiger partial charge in [-0.3, -0.25) is 14.5 Å². The predicted molar refractivity (Wildman–Crippen MR) is 110 cm³/mol. The zero-order chi connectivity index (χ0) is 20.3. The SMILES string of the molecule is CC(C)N1C(=S)N(Cc2ccc(F)cc2)C(=O)[C@@H]1CC(=O)Nc1ccccc1. The van der Waals surface area contributed by atoms with E-state index in [1.807, 2.05) is 32.0 Å². The Balaban J connectivity index is 1.75. The van der Waals surface area contributed by atoms with E-state index >= 15 is 0 Å². The summed E-state index contributed by atoms with van der Waals surface area (Å²) in [6, 6.07) is 14.4. The molecule has 3 rings (SSSR count). The van der Waals surface area contributed by atoms with Gasteiger partial charge in [-0.1, -0.05) is 30.3 Å². The lowest BCUT2D eigenvalue weighted by atomic mass is 10.1. The first kappa shape index (κ1) is 19.9. The van der Waals surface area contributed by atoms with Gasteiger partial charge in [0.2, 0.25) is 5.91 Å². The molecule has 146 valence electrons. The Morgan fingerprint density at radius 1 is 1.14 bits per heavy atom. The fourth-order valence-electron chi connectivity index (χ4n) is 3.26. The summed E-state index contributed by atoms with van der Waals surface area (Å²) in [5, 5.41) is 3.20. The number of nitrogens with zero attached hydrogens (tertiary/aromatic N) is 2. The van der Waals surface area contributed by atoms with Crippen molar-refractivity contribution in [3.63, 3.8) is 0 Å². The van der Waals surface area contributed by atoms with E-state index in [-0.39, 0.29) is 36.6 Å². The molecule has 1 heterocycles. The number of rotatable bonds is 6. The first-order valence-electron chi connectivity index (χ1n) is 9.10. The smallest absolute Gasteiger partial charge is 0.252 e. The van der Waals surface area contributed by atoms with E-state index in [0.717, 1.165) is 5.56 Å². The molecule has 1 aliphatic heterocycles. The highest BCUT2D eigenvalue weighted by Crippen LogP contribution is 2.25. The summed E-state index contributed by atoms with van der Waals surface area (Å²) in [5.74, 6) is -0.800. The van der Waals surface area contributed by atoms with Crippen molar-refractivity contribution in [2.45, 2.75) is 38.9 Å². The number of carbonyl (C=O) groups excluding carboxylic acids is 2. The number of hydrogen-bond donors (Lipinski definition) is 1. The van der Waals surface area contributed by atoms with Gasteiger partial charge in [0.1, 0.15) is 11.9 Å². The van der Waals surface area contributed by atoms with Crippen LogP contribution in [0.5, 0.6) is 0 Å². The molecule has 0 spiro atoms. The van der Waals surface area contributed by atoms with Crippen molar-refractivity contribution >= 4 is 34.8 Å². The summed E-state index contributed by atoms with van der Waals surface area (Å²) in [6.07, 6.45) is 0.00592. The van der Waals surface area contributed by atoms with Gasteiger partial charge >= 0.3 is 0 Å². The van der Waals surface area contributed by atoms with Gasteiger partial charge in [0.05, 0.1) is 13.0 Å². The van der Waals surface area contributed by atoms with Crippen LogP contribution in [0.3, 0.4) is 0 Å². The second kappa shape index (κ2) is 8.48. The molecule has 0 aliphatic carbocycles. The van der Waals surface area contributed by atoms with Crippen molar-refractivity contribution in [2.75, 3.05) is 5.32 Å².